The third-order valence-corrected chi connectivity index (χ3v) is 1.55. The molecular formula is C9H6N2. The van der Waals surface area contributed by atoms with E-state index in [1.54, 1.807) is 6.20 Å². The summed E-state index contributed by atoms with van der Waals surface area (Å²) in [5, 5.41) is 1.06. The molecule has 2 aromatic heterocycles. The van der Waals surface area contributed by atoms with Crippen LogP contribution in [0.15, 0.2) is 24.4 Å². The average molecular weight is 142 g/mol. The minimum atomic E-state index is 0.777. The van der Waals surface area contributed by atoms with Crippen LogP contribution in [-0.4, -0.2) is 9.97 Å². The molecule has 2 rings (SSSR count). The lowest BCUT2D eigenvalue weighted by molar-refractivity contribution is 1.31. The second kappa shape index (κ2) is 2.14. The van der Waals surface area contributed by atoms with Crippen molar-refractivity contribution < 1.29 is 0 Å². The Bertz CT molecular complexity index is 387. The molecule has 0 amide bonds. The van der Waals surface area contributed by atoms with Gasteiger partial charge >= 0.3 is 0 Å². The maximum atomic E-state index is 5.20. The Morgan fingerprint density at radius 2 is 2.45 bits per heavy atom. The van der Waals surface area contributed by atoms with Crippen LogP contribution in [0, 0.1) is 12.3 Å². The lowest BCUT2D eigenvalue weighted by Gasteiger charge is -1.82. The largest absolute Gasteiger partial charge is 0.333 e. The SMILES string of the molecule is C#Cc1cc2cccnc2[nH]1. The smallest absolute Gasteiger partial charge is 0.138 e. The van der Waals surface area contributed by atoms with Gasteiger partial charge in [0, 0.05) is 11.6 Å². The summed E-state index contributed by atoms with van der Waals surface area (Å²) < 4.78 is 0. The van der Waals surface area contributed by atoms with Gasteiger partial charge in [-0.25, -0.2) is 4.98 Å². The van der Waals surface area contributed by atoms with Crippen molar-refractivity contribution in [3.8, 4) is 12.3 Å². The van der Waals surface area contributed by atoms with E-state index in [1.165, 1.54) is 0 Å². The zero-order valence-electron chi connectivity index (χ0n) is 5.83. The van der Waals surface area contributed by atoms with Crippen molar-refractivity contribution in [2.75, 3.05) is 0 Å². The summed E-state index contributed by atoms with van der Waals surface area (Å²) in [7, 11) is 0. The molecule has 0 fully saturated rings. The van der Waals surface area contributed by atoms with E-state index < -0.39 is 0 Å². The fourth-order valence-corrected chi connectivity index (χ4v) is 1.04. The number of pyridine rings is 1. The Balaban J connectivity index is 2.81. The first-order chi connectivity index (χ1) is 5.40. The summed E-state index contributed by atoms with van der Waals surface area (Å²) in [5.41, 5.74) is 1.62. The van der Waals surface area contributed by atoms with Gasteiger partial charge in [0.15, 0.2) is 0 Å². The second-order valence-electron chi connectivity index (χ2n) is 2.27. The number of H-pyrrole nitrogens is 1. The van der Waals surface area contributed by atoms with Gasteiger partial charge in [-0.3, -0.25) is 0 Å². The molecule has 0 atom stereocenters. The minimum absolute atomic E-state index is 0.777. The molecule has 0 aliphatic heterocycles. The number of hydrogen-bond donors (Lipinski definition) is 1. The molecule has 0 unspecified atom stereocenters. The number of nitrogens with zero attached hydrogens (tertiary/aromatic N) is 1. The quantitative estimate of drug-likeness (QED) is 0.555. The van der Waals surface area contributed by atoms with Crippen LogP contribution >= 0.6 is 0 Å². The van der Waals surface area contributed by atoms with Gasteiger partial charge in [0.1, 0.15) is 5.65 Å². The fourth-order valence-electron chi connectivity index (χ4n) is 1.04. The Morgan fingerprint density at radius 3 is 3.18 bits per heavy atom. The maximum Gasteiger partial charge on any atom is 0.138 e. The first-order valence-corrected chi connectivity index (χ1v) is 3.30. The standard InChI is InChI=1S/C9H6N2/c1-2-8-6-7-4-3-5-10-9(7)11-8/h1,3-6H,(H,10,11). The molecular weight excluding hydrogens is 136 g/mol. The molecule has 2 heteroatoms. The predicted molar refractivity (Wildman–Crippen MR) is 44.0 cm³/mol. The van der Waals surface area contributed by atoms with Crippen molar-refractivity contribution >= 4 is 11.0 Å². The van der Waals surface area contributed by atoms with Crippen molar-refractivity contribution in [1.29, 1.82) is 0 Å². The van der Waals surface area contributed by atoms with Crippen LogP contribution < -0.4 is 0 Å². The van der Waals surface area contributed by atoms with Crippen molar-refractivity contribution in [3.05, 3.63) is 30.1 Å². The zero-order chi connectivity index (χ0) is 7.68. The van der Waals surface area contributed by atoms with Crippen molar-refractivity contribution in [2.45, 2.75) is 0 Å². The molecule has 0 saturated carbocycles. The molecule has 0 aliphatic rings. The molecule has 2 nitrogen and oxygen atoms in total. The monoisotopic (exact) mass is 142 g/mol. The number of nitrogens with one attached hydrogen (secondary N) is 1. The van der Waals surface area contributed by atoms with Crippen LogP contribution in [0.5, 0.6) is 0 Å². The van der Waals surface area contributed by atoms with E-state index in [2.05, 4.69) is 15.9 Å². The highest BCUT2D eigenvalue weighted by Gasteiger charge is 1.95. The van der Waals surface area contributed by atoms with Crippen LogP contribution in [0.4, 0.5) is 0 Å². The van der Waals surface area contributed by atoms with Gasteiger partial charge in [-0.2, -0.15) is 0 Å². The number of hydrogen-bond acceptors (Lipinski definition) is 1. The third-order valence-electron chi connectivity index (χ3n) is 1.55. The predicted octanol–water partition coefficient (Wildman–Crippen LogP) is 1.54. The van der Waals surface area contributed by atoms with E-state index in [0.717, 1.165) is 16.7 Å². The van der Waals surface area contributed by atoms with Gasteiger partial charge in [-0.1, -0.05) is 5.92 Å². The van der Waals surface area contributed by atoms with Crippen LogP contribution in [0.2, 0.25) is 0 Å². The topological polar surface area (TPSA) is 28.7 Å². The average Bonchev–Trinajstić information content (AvgIpc) is 2.46. The highest BCUT2D eigenvalue weighted by Crippen LogP contribution is 2.10. The molecule has 2 heterocycles. The van der Waals surface area contributed by atoms with E-state index >= 15 is 0 Å². The van der Waals surface area contributed by atoms with E-state index in [1.807, 2.05) is 18.2 Å². The Kier molecular flexibility index (Phi) is 1.16. The molecule has 0 saturated heterocycles. The van der Waals surface area contributed by atoms with Gasteiger partial charge < -0.3 is 4.98 Å². The van der Waals surface area contributed by atoms with Gasteiger partial charge in [0.2, 0.25) is 0 Å². The minimum Gasteiger partial charge on any atom is -0.333 e. The summed E-state index contributed by atoms with van der Waals surface area (Å²) >= 11 is 0. The first-order valence-electron chi connectivity index (χ1n) is 3.30. The van der Waals surface area contributed by atoms with Crippen LogP contribution in [0.3, 0.4) is 0 Å². The van der Waals surface area contributed by atoms with Gasteiger partial charge in [0.05, 0.1) is 5.69 Å². The third kappa shape index (κ3) is 0.870. The number of rotatable bonds is 0. The van der Waals surface area contributed by atoms with Gasteiger partial charge in [0.25, 0.3) is 0 Å². The molecule has 1 N–H and O–H groups in total. The highest BCUT2D eigenvalue weighted by atomic mass is 14.8. The van der Waals surface area contributed by atoms with Crippen molar-refractivity contribution in [3.63, 3.8) is 0 Å². The maximum absolute atomic E-state index is 5.20. The van der Waals surface area contributed by atoms with E-state index in [-0.39, 0.29) is 0 Å². The van der Waals surface area contributed by atoms with Crippen molar-refractivity contribution in [1.82, 2.24) is 9.97 Å². The molecule has 0 aromatic carbocycles. The highest BCUT2D eigenvalue weighted by molar-refractivity contribution is 5.77. The van der Waals surface area contributed by atoms with Crippen molar-refractivity contribution in [2.24, 2.45) is 0 Å². The molecule has 2 aromatic rings. The summed E-state index contributed by atoms with van der Waals surface area (Å²) in [6, 6.07) is 5.76. The fraction of sp³-hybridized carbons (Fsp3) is 0. The Morgan fingerprint density at radius 1 is 1.55 bits per heavy atom. The summed E-state index contributed by atoms with van der Waals surface area (Å²) in [4.78, 5) is 7.10. The molecule has 0 radical (unpaired) electrons. The lowest BCUT2D eigenvalue weighted by atomic mass is 10.3. The van der Waals surface area contributed by atoms with E-state index in [9.17, 15) is 0 Å². The summed E-state index contributed by atoms with van der Waals surface area (Å²) in [6.07, 6.45) is 6.94. The van der Waals surface area contributed by atoms with Crippen LogP contribution in [0.25, 0.3) is 11.0 Å². The normalized spacial score (nSPS) is 9.73. The van der Waals surface area contributed by atoms with E-state index in [0.29, 0.717) is 0 Å². The molecule has 0 bridgehead atoms. The van der Waals surface area contributed by atoms with Gasteiger partial charge in [-0.05, 0) is 18.2 Å². The van der Waals surface area contributed by atoms with Gasteiger partial charge in [-0.15, -0.1) is 6.42 Å². The molecule has 11 heavy (non-hydrogen) atoms. The second-order valence-corrected chi connectivity index (χ2v) is 2.27. The van der Waals surface area contributed by atoms with E-state index in [4.69, 9.17) is 6.42 Å². The number of terminal acetylenes is 1. The molecule has 52 valence electrons. The summed E-state index contributed by atoms with van der Waals surface area (Å²) in [5.74, 6) is 2.52. The van der Waals surface area contributed by atoms with Crippen LogP contribution in [0.1, 0.15) is 5.69 Å². The summed E-state index contributed by atoms with van der Waals surface area (Å²) in [6.45, 7) is 0. The molecule has 0 aliphatic carbocycles. The lowest BCUT2D eigenvalue weighted by Crippen LogP contribution is -1.73. The zero-order valence-corrected chi connectivity index (χ0v) is 5.83. The number of fused-ring (bicyclic) bond motifs is 1. The number of aromatic amines is 1. The number of aromatic nitrogens is 2. The Hall–Kier alpha value is -1.75. The molecule has 0 spiro atoms. The first kappa shape index (κ1) is 5.99. The van der Waals surface area contributed by atoms with Crippen LogP contribution in [-0.2, 0) is 0 Å². The Labute approximate surface area is 64.3 Å².